The number of aliphatic imine (C=N–C) groups is 1. The Kier molecular flexibility index (Phi) is 7.70. The number of nitrogens with zero attached hydrogens (tertiary/aromatic N) is 1. The van der Waals surface area contributed by atoms with Crippen LogP contribution in [0.5, 0.6) is 5.75 Å². The number of benzene rings is 1. The molecule has 0 aliphatic heterocycles. The molecule has 0 unspecified atom stereocenters. The number of hydrogen-bond donors (Lipinski definition) is 2. The molecule has 0 bridgehead atoms. The minimum Gasteiger partial charge on any atom is -0.495 e. The molecule has 0 atom stereocenters. The zero-order valence-electron chi connectivity index (χ0n) is 9.56. The molecule has 0 saturated heterocycles. The van der Waals surface area contributed by atoms with Gasteiger partial charge in [0.15, 0.2) is 5.96 Å². The molecule has 0 radical (unpaired) electrons. The first kappa shape index (κ1) is 15.0. The quantitative estimate of drug-likeness (QED) is 0.505. The van der Waals surface area contributed by atoms with Crippen molar-refractivity contribution in [1.82, 2.24) is 0 Å². The summed E-state index contributed by atoms with van der Waals surface area (Å²) in [5.41, 5.74) is 6.53. The van der Waals surface area contributed by atoms with E-state index in [-0.39, 0.29) is 24.0 Å². The summed E-state index contributed by atoms with van der Waals surface area (Å²) in [7, 11) is 1.62. The molecule has 0 aliphatic rings. The average Bonchev–Trinajstić information content (AvgIpc) is 2.27. The lowest BCUT2D eigenvalue weighted by Crippen LogP contribution is -2.23. The van der Waals surface area contributed by atoms with E-state index in [9.17, 15) is 0 Å². The van der Waals surface area contributed by atoms with Crippen LogP contribution in [0.25, 0.3) is 0 Å². The zero-order chi connectivity index (χ0) is 11.1. The fourth-order valence-corrected chi connectivity index (χ4v) is 1.16. The van der Waals surface area contributed by atoms with Gasteiger partial charge < -0.3 is 15.8 Å². The Morgan fingerprint density at radius 2 is 2.12 bits per heavy atom. The van der Waals surface area contributed by atoms with Crippen LogP contribution >= 0.6 is 24.0 Å². The highest BCUT2D eigenvalue weighted by Gasteiger charge is 2.01. The molecule has 1 aromatic rings. The minimum atomic E-state index is 0. The van der Waals surface area contributed by atoms with E-state index in [2.05, 4.69) is 17.2 Å². The van der Waals surface area contributed by atoms with Crippen LogP contribution in [0, 0.1) is 0 Å². The molecule has 1 aromatic carbocycles. The fraction of sp³-hybridized carbons (Fsp3) is 0.364. The second-order valence-corrected chi connectivity index (χ2v) is 3.09. The van der Waals surface area contributed by atoms with Crippen molar-refractivity contribution in [3.8, 4) is 5.75 Å². The summed E-state index contributed by atoms with van der Waals surface area (Å²) in [6.45, 7) is 2.79. The van der Waals surface area contributed by atoms with Gasteiger partial charge in [0.25, 0.3) is 0 Å². The molecule has 3 N–H and O–H groups in total. The van der Waals surface area contributed by atoms with Crippen LogP contribution in [0.15, 0.2) is 29.3 Å². The van der Waals surface area contributed by atoms with Gasteiger partial charge in [-0.1, -0.05) is 19.1 Å². The maximum absolute atomic E-state index is 5.70. The van der Waals surface area contributed by atoms with E-state index in [1.807, 2.05) is 24.3 Å². The lowest BCUT2D eigenvalue weighted by Gasteiger charge is -2.09. The Bertz CT molecular complexity index is 342. The highest BCUT2D eigenvalue weighted by Crippen LogP contribution is 2.22. The average molecular weight is 335 g/mol. The van der Waals surface area contributed by atoms with Crippen molar-refractivity contribution in [3.63, 3.8) is 0 Å². The van der Waals surface area contributed by atoms with E-state index >= 15 is 0 Å². The highest BCUT2D eigenvalue weighted by molar-refractivity contribution is 14.0. The smallest absolute Gasteiger partial charge is 0.193 e. The van der Waals surface area contributed by atoms with Crippen molar-refractivity contribution in [1.29, 1.82) is 0 Å². The molecule has 4 nitrogen and oxygen atoms in total. The highest BCUT2D eigenvalue weighted by atomic mass is 127. The summed E-state index contributed by atoms with van der Waals surface area (Å²) in [4.78, 5) is 4.14. The maximum atomic E-state index is 5.70. The Balaban J connectivity index is 0.00000225. The summed E-state index contributed by atoms with van der Waals surface area (Å²) in [6, 6.07) is 7.59. The van der Waals surface area contributed by atoms with Crippen molar-refractivity contribution in [2.45, 2.75) is 13.3 Å². The number of ether oxygens (including phenoxy) is 1. The van der Waals surface area contributed by atoms with Crippen LogP contribution in [-0.4, -0.2) is 19.6 Å². The Hall–Kier alpha value is -0.980. The molecule has 0 fully saturated rings. The largest absolute Gasteiger partial charge is 0.495 e. The van der Waals surface area contributed by atoms with Crippen molar-refractivity contribution in [2.75, 3.05) is 19.0 Å². The van der Waals surface area contributed by atoms with Crippen molar-refractivity contribution in [2.24, 2.45) is 10.7 Å². The number of hydrogen-bond acceptors (Lipinski definition) is 2. The van der Waals surface area contributed by atoms with Gasteiger partial charge in [0.2, 0.25) is 0 Å². The van der Waals surface area contributed by atoms with E-state index < -0.39 is 0 Å². The van der Waals surface area contributed by atoms with E-state index in [1.165, 1.54) is 0 Å². The molecule has 0 saturated carbocycles. The van der Waals surface area contributed by atoms with Gasteiger partial charge in [0, 0.05) is 6.54 Å². The number of nitrogens with one attached hydrogen (secondary N) is 1. The summed E-state index contributed by atoms with van der Waals surface area (Å²) in [6.07, 6.45) is 0.980. The van der Waals surface area contributed by atoms with Crippen LogP contribution in [0.3, 0.4) is 0 Å². The van der Waals surface area contributed by atoms with Gasteiger partial charge in [-0.2, -0.15) is 0 Å². The summed E-state index contributed by atoms with van der Waals surface area (Å²) >= 11 is 0. The third kappa shape index (κ3) is 4.69. The molecular formula is C11H18IN3O. The fourth-order valence-electron chi connectivity index (χ4n) is 1.16. The first-order valence-electron chi connectivity index (χ1n) is 4.98. The number of guanidine groups is 1. The van der Waals surface area contributed by atoms with E-state index in [0.29, 0.717) is 5.96 Å². The van der Waals surface area contributed by atoms with E-state index in [4.69, 9.17) is 10.5 Å². The van der Waals surface area contributed by atoms with Gasteiger partial charge in [0.05, 0.1) is 12.8 Å². The third-order valence-corrected chi connectivity index (χ3v) is 1.88. The van der Waals surface area contributed by atoms with Crippen molar-refractivity contribution in [3.05, 3.63) is 24.3 Å². The first-order valence-corrected chi connectivity index (χ1v) is 4.98. The monoisotopic (exact) mass is 335 g/mol. The second kappa shape index (κ2) is 8.20. The predicted molar refractivity (Wildman–Crippen MR) is 78.8 cm³/mol. The summed E-state index contributed by atoms with van der Waals surface area (Å²) < 4.78 is 5.18. The summed E-state index contributed by atoms with van der Waals surface area (Å²) in [5, 5.41) is 3.00. The lowest BCUT2D eigenvalue weighted by molar-refractivity contribution is 0.417. The van der Waals surface area contributed by atoms with Gasteiger partial charge in [-0.25, -0.2) is 0 Å². The van der Waals surface area contributed by atoms with E-state index in [1.54, 1.807) is 7.11 Å². The Labute approximate surface area is 113 Å². The Morgan fingerprint density at radius 3 is 2.75 bits per heavy atom. The first-order chi connectivity index (χ1) is 7.27. The van der Waals surface area contributed by atoms with Gasteiger partial charge in [-0.3, -0.25) is 4.99 Å². The molecule has 0 aliphatic carbocycles. The summed E-state index contributed by atoms with van der Waals surface area (Å²) in [5.74, 6) is 1.17. The number of para-hydroxylation sites is 2. The van der Waals surface area contributed by atoms with E-state index in [0.717, 1.165) is 24.4 Å². The lowest BCUT2D eigenvalue weighted by atomic mass is 10.3. The molecule has 0 amide bonds. The molecular weight excluding hydrogens is 317 g/mol. The molecule has 1 rings (SSSR count). The van der Waals surface area contributed by atoms with Gasteiger partial charge >= 0.3 is 0 Å². The zero-order valence-corrected chi connectivity index (χ0v) is 11.9. The maximum Gasteiger partial charge on any atom is 0.193 e. The number of rotatable bonds is 4. The number of halogens is 1. The topological polar surface area (TPSA) is 59.6 Å². The van der Waals surface area contributed by atoms with Crippen LogP contribution in [-0.2, 0) is 0 Å². The van der Waals surface area contributed by atoms with Gasteiger partial charge in [-0.05, 0) is 18.6 Å². The number of anilines is 1. The SMILES string of the molecule is CCCN=C(N)Nc1ccccc1OC.I. The van der Waals surface area contributed by atoms with Crippen LogP contribution < -0.4 is 15.8 Å². The standard InChI is InChI=1S/C11H17N3O.HI/c1-3-8-13-11(12)14-9-6-4-5-7-10(9)15-2;/h4-7H,3,8H2,1-2H3,(H3,12,13,14);1H. The third-order valence-electron chi connectivity index (χ3n) is 1.88. The minimum absolute atomic E-state index is 0. The van der Waals surface area contributed by atoms with Crippen molar-refractivity contribution >= 4 is 35.6 Å². The van der Waals surface area contributed by atoms with Crippen LogP contribution in [0.1, 0.15) is 13.3 Å². The molecule has 90 valence electrons. The predicted octanol–water partition coefficient (Wildman–Crippen LogP) is 2.45. The van der Waals surface area contributed by atoms with Crippen molar-refractivity contribution < 1.29 is 4.74 Å². The van der Waals surface area contributed by atoms with Crippen LogP contribution in [0.4, 0.5) is 5.69 Å². The molecule has 0 heterocycles. The molecule has 0 aromatic heterocycles. The second-order valence-electron chi connectivity index (χ2n) is 3.09. The normalized spacial score (nSPS) is 10.5. The van der Waals surface area contributed by atoms with Gasteiger partial charge in [0.1, 0.15) is 5.75 Å². The molecule has 5 heteroatoms. The number of methoxy groups -OCH3 is 1. The number of nitrogens with two attached hydrogens (primary N) is 1. The van der Waals surface area contributed by atoms with Crippen LogP contribution in [0.2, 0.25) is 0 Å². The molecule has 0 spiro atoms. The molecule has 16 heavy (non-hydrogen) atoms. The Morgan fingerprint density at radius 1 is 1.44 bits per heavy atom. The van der Waals surface area contributed by atoms with Gasteiger partial charge in [-0.15, -0.1) is 24.0 Å².